The molecule has 1 aromatic heterocycles. The number of carboxylic acid groups (broad SMARTS) is 1. The first-order valence-corrected chi connectivity index (χ1v) is 11.0. The molecule has 0 atom stereocenters. The lowest BCUT2D eigenvalue weighted by Gasteiger charge is -2.21. The molecule has 0 unspecified atom stereocenters. The third-order valence-electron chi connectivity index (χ3n) is 5.17. The minimum absolute atomic E-state index is 0.127. The highest BCUT2D eigenvalue weighted by Crippen LogP contribution is 2.33. The summed E-state index contributed by atoms with van der Waals surface area (Å²) < 4.78 is 58.4. The van der Waals surface area contributed by atoms with Gasteiger partial charge in [-0.25, -0.2) is 27.5 Å². The summed E-state index contributed by atoms with van der Waals surface area (Å²) in [5.41, 5.74) is 2.20. The normalized spacial score (nSPS) is 20.4. The van der Waals surface area contributed by atoms with Crippen LogP contribution in [-0.2, 0) is 27.7 Å². The third-order valence-corrected chi connectivity index (χ3v) is 7.57. The lowest BCUT2D eigenvalue weighted by molar-refractivity contribution is -0.192. The molecule has 12 heteroatoms. The van der Waals surface area contributed by atoms with Crippen molar-refractivity contribution in [3.8, 4) is 0 Å². The molecule has 162 valence electrons. The molecule has 1 saturated heterocycles. The van der Waals surface area contributed by atoms with Crippen LogP contribution in [0.1, 0.15) is 36.9 Å². The highest BCUT2D eigenvalue weighted by Gasteiger charge is 2.40. The summed E-state index contributed by atoms with van der Waals surface area (Å²) in [4.78, 5) is 20.1. The molecule has 29 heavy (non-hydrogen) atoms. The summed E-state index contributed by atoms with van der Waals surface area (Å²) in [5.74, 6) is -1.72. The summed E-state index contributed by atoms with van der Waals surface area (Å²) in [6, 6.07) is 0. The number of alkyl halides is 3. The second kappa shape index (κ2) is 8.42. The summed E-state index contributed by atoms with van der Waals surface area (Å²) in [6.07, 6.45) is 2.05. The second-order valence-corrected chi connectivity index (χ2v) is 9.48. The number of nitrogens with zero attached hydrogens (tertiary/aromatic N) is 4. The van der Waals surface area contributed by atoms with Gasteiger partial charge in [-0.2, -0.15) is 13.2 Å². The fraction of sp³-hybridized carbons (Fsp3) is 0.706. The number of fused-ring (bicyclic) bond motifs is 1. The Morgan fingerprint density at radius 1 is 1.07 bits per heavy atom. The molecule has 1 aliphatic carbocycles. The molecule has 0 amide bonds. The zero-order valence-corrected chi connectivity index (χ0v) is 16.5. The number of anilines is 1. The van der Waals surface area contributed by atoms with Gasteiger partial charge in [-0.05, 0) is 32.1 Å². The minimum Gasteiger partial charge on any atom is -0.475 e. The van der Waals surface area contributed by atoms with Gasteiger partial charge in [0.25, 0.3) is 0 Å². The first-order chi connectivity index (χ1) is 13.6. The number of aliphatic carboxylic acids is 1. The van der Waals surface area contributed by atoms with Crippen LogP contribution in [0.5, 0.6) is 0 Å². The van der Waals surface area contributed by atoms with Gasteiger partial charge in [0, 0.05) is 38.2 Å². The molecule has 0 radical (unpaired) electrons. The van der Waals surface area contributed by atoms with Gasteiger partial charge in [0.1, 0.15) is 12.1 Å². The van der Waals surface area contributed by atoms with E-state index in [4.69, 9.17) is 9.90 Å². The van der Waals surface area contributed by atoms with E-state index in [0.717, 1.165) is 49.4 Å². The molecule has 3 aliphatic rings. The Balaban J connectivity index is 0.000000298. The monoisotopic (exact) mass is 436 g/mol. The van der Waals surface area contributed by atoms with Crippen LogP contribution in [-0.4, -0.2) is 71.4 Å². The Morgan fingerprint density at radius 2 is 1.66 bits per heavy atom. The van der Waals surface area contributed by atoms with Crippen molar-refractivity contribution < 1.29 is 31.5 Å². The van der Waals surface area contributed by atoms with Gasteiger partial charge >= 0.3 is 12.1 Å². The van der Waals surface area contributed by atoms with Crippen LogP contribution in [0.3, 0.4) is 0 Å². The zero-order valence-electron chi connectivity index (χ0n) is 15.7. The van der Waals surface area contributed by atoms with E-state index in [1.165, 1.54) is 12.8 Å². The number of halogens is 3. The number of hydrogen-bond acceptors (Lipinski definition) is 6. The first-order valence-electron chi connectivity index (χ1n) is 9.47. The molecule has 2 fully saturated rings. The summed E-state index contributed by atoms with van der Waals surface area (Å²) in [7, 11) is -3.09. The van der Waals surface area contributed by atoms with E-state index in [1.54, 1.807) is 10.6 Å². The van der Waals surface area contributed by atoms with Crippen LogP contribution >= 0.6 is 0 Å². The van der Waals surface area contributed by atoms with E-state index >= 15 is 0 Å². The lowest BCUT2D eigenvalue weighted by Crippen LogP contribution is -2.35. The van der Waals surface area contributed by atoms with Gasteiger partial charge in [0.05, 0.1) is 10.9 Å². The number of aromatic nitrogens is 2. The van der Waals surface area contributed by atoms with E-state index in [-0.39, 0.29) is 5.25 Å². The van der Waals surface area contributed by atoms with Crippen LogP contribution in [0, 0.1) is 0 Å². The van der Waals surface area contributed by atoms with Gasteiger partial charge in [-0.3, -0.25) is 0 Å². The third kappa shape index (κ3) is 5.16. The maximum Gasteiger partial charge on any atom is 0.490 e. The Labute approximate surface area is 166 Å². The predicted molar refractivity (Wildman–Crippen MR) is 98.1 cm³/mol. The lowest BCUT2D eigenvalue weighted by atomic mass is 10.1. The van der Waals surface area contributed by atoms with Gasteiger partial charge in [-0.15, -0.1) is 0 Å². The molecule has 0 spiro atoms. The molecule has 8 nitrogen and oxygen atoms in total. The van der Waals surface area contributed by atoms with Crippen LogP contribution in [0.2, 0.25) is 0 Å². The van der Waals surface area contributed by atoms with Crippen molar-refractivity contribution in [3.63, 3.8) is 0 Å². The largest absolute Gasteiger partial charge is 0.490 e. The van der Waals surface area contributed by atoms with Gasteiger partial charge in [-0.1, -0.05) is 0 Å². The topological polar surface area (TPSA) is 104 Å². The predicted octanol–water partition coefficient (Wildman–Crippen LogP) is 1.60. The summed E-state index contributed by atoms with van der Waals surface area (Å²) in [6.45, 7) is 3.23. The van der Waals surface area contributed by atoms with Crippen LogP contribution < -0.4 is 4.90 Å². The summed E-state index contributed by atoms with van der Waals surface area (Å²) in [5, 5.41) is 7.00. The SMILES string of the molecule is O=C(O)C(F)(F)F.O=S(=O)(C1CC1)N1CCc2ncnc(N3CCCC3)c2CC1. The second-order valence-electron chi connectivity index (χ2n) is 7.26. The average Bonchev–Trinajstić information content (AvgIpc) is 3.42. The molecule has 0 aromatic carbocycles. The first kappa shape index (κ1) is 21.8. The van der Waals surface area contributed by atoms with Crippen molar-refractivity contribution in [1.29, 1.82) is 0 Å². The highest BCUT2D eigenvalue weighted by atomic mass is 32.2. The number of rotatable bonds is 3. The molecule has 0 bridgehead atoms. The minimum atomic E-state index is -5.08. The van der Waals surface area contributed by atoms with Crippen LogP contribution in [0.4, 0.5) is 19.0 Å². The van der Waals surface area contributed by atoms with Crippen LogP contribution in [0.15, 0.2) is 6.33 Å². The fourth-order valence-corrected chi connectivity index (χ4v) is 5.37. The molecule has 4 rings (SSSR count). The molecule has 1 saturated carbocycles. The number of carbonyl (C=O) groups is 1. The maximum absolute atomic E-state index is 12.5. The van der Waals surface area contributed by atoms with Gasteiger partial charge < -0.3 is 10.0 Å². The van der Waals surface area contributed by atoms with Crippen molar-refractivity contribution in [2.45, 2.75) is 50.0 Å². The van der Waals surface area contributed by atoms with E-state index in [9.17, 15) is 21.6 Å². The smallest absolute Gasteiger partial charge is 0.475 e. The van der Waals surface area contributed by atoms with Crippen molar-refractivity contribution in [1.82, 2.24) is 14.3 Å². The van der Waals surface area contributed by atoms with Crippen LogP contribution in [0.25, 0.3) is 0 Å². The molecular weight excluding hydrogens is 413 g/mol. The Kier molecular flexibility index (Phi) is 6.32. The van der Waals surface area contributed by atoms with E-state index in [2.05, 4.69) is 14.9 Å². The van der Waals surface area contributed by atoms with Gasteiger partial charge in [0.2, 0.25) is 10.0 Å². The summed E-state index contributed by atoms with van der Waals surface area (Å²) >= 11 is 0. The Bertz CT molecular complexity index is 853. The van der Waals surface area contributed by atoms with E-state index in [0.29, 0.717) is 19.5 Å². The van der Waals surface area contributed by atoms with Crippen molar-refractivity contribution in [2.24, 2.45) is 0 Å². The zero-order chi connectivity index (χ0) is 21.2. The molecule has 3 heterocycles. The number of carboxylic acids is 1. The molecule has 1 aromatic rings. The number of hydrogen-bond donors (Lipinski definition) is 1. The van der Waals surface area contributed by atoms with Crippen molar-refractivity contribution >= 4 is 21.8 Å². The van der Waals surface area contributed by atoms with E-state index in [1.807, 2.05) is 0 Å². The van der Waals surface area contributed by atoms with Gasteiger partial charge in [0.15, 0.2) is 0 Å². The van der Waals surface area contributed by atoms with E-state index < -0.39 is 22.2 Å². The Hall–Kier alpha value is -1.95. The van der Waals surface area contributed by atoms with Crippen molar-refractivity contribution in [3.05, 3.63) is 17.6 Å². The number of sulfonamides is 1. The Morgan fingerprint density at radius 3 is 2.21 bits per heavy atom. The fourth-order valence-electron chi connectivity index (χ4n) is 3.52. The highest BCUT2D eigenvalue weighted by molar-refractivity contribution is 7.90. The maximum atomic E-state index is 12.5. The molecule has 2 aliphatic heterocycles. The standard InChI is InChI=1S/C15H22N4O2S.C2HF3O2/c20-22(21,12-3-4-12)19-9-5-13-14(6-10-19)16-11-17-15(13)18-7-1-2-8-18;3-2(4,5)1(6)7/h11-12H,1-10H2;(H,6,7). The average molecular weight is 436 g/mol. The quantitative estimate of drug-likeness (QED) is 0.768. The molecule has 1 N–H and O–H groups in total. The van der Waals surface area contributed by atoms with Crippen molar-refractivity contribution in [2.75, 3.05) is 31.1 Å². The molecular formula is C17H23F3N4O4S.